The van der Waals surface area contributed by atoms with E-state index < -0.39 is 0 Å². The Hall–Kier alpha value is -1.32. The van der Waals surface area contributed by atoms with Crippen molar-refractivity contribution >= 4 is 5.97 Å². The first-order chi connectivity index (χ1) is 6.79. The Morgan fingerprint density at radius 3 is 3.07 bits per heavy atom. The predicted octanol–water partition coefficient (Wildman–Crippen LogP) is 0.931. The van der Waals surface area contributed by atoms with Crippen LogP contribution in [0.25, 0.3) is 0 Å². The van der Waals surface area contributed by atoms with E-state index in [-0.39, 0.29) is 5.97 Å². The molecular weight excluding hydrogens is 180 g/mol. The first kappa shape index (κ1) is 8.03. The van der Waals surface area contributed by atoms with Crippen LogP contribution in [-0.4, -0.2) is 23.3 Å². The number of fused-ring (bicyclic) bond motifs is 2. The van der Waals surface area contributed by atoms with E-state index in [1.807, 2.05) is 0 Å². The van der Waals surface area contributed by atoms with Gasteiger partial charge in [0.1, 0.15) is 0 Å². The molecule has 2 unspecified atom stereocenters. The summed E-state index contributed by atoms with van der Waals surface area (Å²) in [4.78, 5) is 11.4. The molecule has 74 valence electrons. The van der Waals surface area contributed by atoms with Crippen molar-refractivity contribution < 1.29 is 9.53 Å². The topological polar surface area (TPSA) is 55.0 Å². The van der Waals surface area contributed by atoms with Gasteiger partial charge in [-0.15, -0.1) is 0 Å². The number of methoxy groups -OCH3 is 1. The summed E-state index contributed by atoms with van der Waals surface area (Å²) >= 11 is 0. The molecule has 0 aromatic carbocycles. The minimum absolute atomic E-state index is 0.318. The highest BCUT2D eigenvalue weighted by Gasteiger charge is 2.43. The zero-order valence-electron chi connectivity index (χ0n) is 8.04. The molecule has 0 radical (unpaired) electrons. The summed E-state index contributed by atoms with van der Waals surface area (Å²) in [6.45, 7) is 0. The van der Waals surface area contributed by atoms with Crippen molar-refractivity contribution in [2.75, 3.05) is 7.11 Å². The molecule has 4 heteroatoms. The number of rotatable bonds is 1. The number of carbonyl (C=O) groups excluding carboxylic acids is 1. The van der Waals surface area contributed by atoms with Gasteiger partial charge >= 0.3 is 5.97 Å². The van der Waals surface area contributed by atoms with E-state index in [4.69, 9.17) is 0 Å². The standard InChI is InChI=1S/C10H12N2O2/c1-14-10(13)9-7-3-5-2-6(5)4-8(7)11-12-9/h5-6H,2-4H2,1H3,(H,11,12). The van der Waals surface area contributed by atoms with Crippen LogP contribution in [0, 0.1) is 11.8 Å². The van der Waals surface area contributed by atoms with E-state index in [1.165, 1.54) is 13.5 Å². The lowest BCUT2D eigenvalue weighted by Gasteiger charge is -2.09. The molecule has 0 saturated heterocycles. The van der Waals surface area contributed by atoms with E-state index in [1.54, 1.807) is 0 Å². The zero-order chi connectivity index (χ0) is 9.71. The van der Waals surface area contributed by atoms with Crippen LogP contribution in [0.15, 0.2) is 0 Å². The lowest BCUT2D eigenvalue weighted by molar-refractivity contribution is 0.0592. The molecule has 1 saturated carbocycles. The maximum absolute atomic E-state index is 11.4. The highest BCUT2D eigenvalue weighted by Crippen LogP contribution is 2.48. The molecule has 4 nitrogen and oxygen atoms in total. The number of carbonyl (C=O) groups is 1. The maximum atomic E-state index is 11.4. The van der Waals surface area contributed by atoms with Crippen molar-refractivity contribution in [3.63, 3.8) is 0 Å². The summed E-state index contributed by atoms with van der Waals surface area (Å²) < 4.78 is 4.69. The highest BCUT2D eigenvalue weighted by atomic mass is 16.5. The number of aromatic nitrogens is 2. The van der Waals surface area contributed by atoms with Crippen LogP contribution in [0.5, 0.6) is 0 Å². The third kappa shape index (κ3) is 0.997. The molecule has 1 aromatic heterocycles. The van der Waals surface area contributed by atoms with Gasteiger partial charge in [-0.25, -0.2) is 4.79 Å². The molecule has 2 atom stereocenters. The quantitative estimate of drug-likeness (QED) is 0.673. The van der Waals surface area contributed by atoms with E-state index in [0.717, 1.165) is 35.9 Å². The molecule has 1 aromatic rings. The number of nitrogens with zero attached hydrogens (tertiary/aromatic N) is 1. The Bertz CT molecular complexity index is 397. The summed E-state index contributed by atoms with van der Waals surface area (Å²) in [5.74, 6) is 1.32. The van der Waals surface area contributed by atoms with Crippen LogP contribution in [0.2, 0.25) is 0 Å². The van der Waals surface area contributed by atoms with Crippen molar-refractivity contribution in [3.8, 4) is 0 Å². The molecule has 2 aliphatic carbocycles. The van der Waals surface area contributed by atoms with Crippen LogP contribution in [-0.2, 0) is 17.6 Å². The lowest BCUT2D eigenvalue weighted by atomic mass is 9.96. The van der Waals surface area contributed by atoms with Gasteiger partial charge in [-0.05, 0) is 31.1 Å². The molecule has 0 spiro atoms. The van der Waals surface area contributed by atoms with Gasteiger partial charge in [-0.3, -0.25) is 5.10 Å². The smallest absolute Gasteiger partial charge is 0.358 e. The Labute approximate surface area is 81.6 Å². The maximum Gasteiger partial charge on any atom is 0.358 e. The van der Waals surface area contributed by atoms with Crippen LogP contribution in [0.1, 0.15) is 28.2 Å². The monoisotopic (exact) mass is 192 g/mol. The van der Waals surface area contributed by atoms with Crippen LogP contribution in [0.4, 0.5) is 0 Å². The van der Waals surface area contributed by atoms with Gasteiger partial charge in [0.05, 0.1) is 7.11 Å². The Balaban J connectivity index is 1.99. The molecule has 0 aliphatic heterocycles. The summed E-state index contributed by atoms with van der Waals surface area (Å²) in [5, 5.41) is 6.97. The van der Waals surface area contributed by atoms with Crippen LogP contribution < -0.4 is 0 Å². The third-order valence-corrected chi connectivity index (χ3v) is 3.33. The van der Waals surface area contributed by atoms with Gasteiger partial charge in [0.2, 0.25) is 0 Å². The summed E-state index contributed by atoms with van der Waals surface area (Å²) in [6.07, 6.45) is 3.37. The van der Waals surface area contributed by atoms with Crippen molar-refractivity contribution in [2.45, 2.75) is 19.3 Å². The van der Waals surface area contributed by atoms with Gasteiger partial charge in [-0.1, -0.05) is 0 Å². The van der Waals surface area contributed by atoms with Gasteiger partial charge in [-0.2, -0.15) is 5.10 Å². The Kier molecular flexibility index (Phi) is 1.48. The molecular formula is C10H12N2O2. The van der Waals surface area contributed by atoms with Crippen molar-refractivity contribution in [1.29, 1.82) is 0 Å². The zero-order valence-corrected chi connectivity index (χ0v) is 8.04. The second-order valence-electron chi connectivity index (χ2n) is 4.19. The molecule has 0 amide bonds. The van der Waals surface area contributed by atoms with E-state index in [2.05, 4.69) is 14.9 Å². The highest BCUT2D eigenvalue weighted by molar-refractivity contribution is 5.89. The summed E-state index contributed by atoms with van der Waals surface area (Å²) in [6, 6.07) is 0. The number of ether oxygens (including phenoxy) is 1. The summed E-state index contributed by atoms with van der Waals surface area (Å²) in [7, 11) is 1.40. The third-order valence-electron chi connectivity index (χ3n) is 3.33. The summed E-state index contributed by atoms with van der Waals surface area (Å²) in [5.41, 5.74) is 2.73. The number of nitrogens with one attached hydrogen (secondary N) is 1. The second kappa shape index (κ2) is 2.59. The molecule has 1 fully saturated rings. The fourth-order valence-electron chi connectivity index (χ4n) is 2.39. The second-order valence-corrected chi connectivity index (χ2v) is 4.19. The molecule has 1 heterocycles. The fraction of sp³-hybridized carbons (Fsp3) is 0.600. The first-order valence-corrected chi connectivity index (χ1v) is 4.94. The molecule has 2 aliphatic rings. The molecule has 14 heavy (non-hydrogen) atoms. The minimum Gasteiger partial charge on any atom is -0.464 e. The molecule has 1 N–H and O–H groups in total. The van der Waals surface area contributed by atoms with Gasteiger partial charge in [0.25, 0.3) is 0 Å². The average Bonchev–Trinajstić information content (AvgIpc) is 2.84. The predicted molar refractivity (Wildman–Crippen MR) is 48.9 cm³/mol. The fourth-order valence-corrected chi connectivity index (χ4v) is 2.39. The number of hydrogen-bond donors (Lipinski definition) is 1. The Morgan fingerprint density at radius 1 is 1.50 bits per heavy atom. The normalized spacial score (nSPS) is 27.8. The SMILES string of the molecule is COC(=O)c1n[nH]c2c1CC1CC1C2. The number of H-pyrrole nitrogens is 1. The lowest BCUT2D eigenvalue weighted by Crippen LogP contribution is -2.10. The Morgan fingerprint density at radius 2 is 2.29 bits per heavy atom. The molecule has 0 bridgehead atoms. The van der Waals surface area contributed by atoms with Crippen LogP contribution in [0.3, 0.4) is 0 Å². The largest absolute Gasteiger partial charge is 0.464 e. The van der Waals surface area contributed by atoms with Gasteiger partial charge < -0.3 is 4.74 Å². The van der Waals surface area contributed by atoms with Gasteiger partial charge in [0, 0.05) is 11.3 Å². The number of esters is 1. The van der Waals surface area contributed by atoms with E-state index >= 15 is 0 Å². The first-order valence-electron chi connectivity index (χ1n) is 4.94. The number of hydrogen-bond acceptors (Lipinski definition) is 3. The van der Waals surface area contributed by atoms with Crippen molar-refractivity contribution in [3.05, 3.63) is 17.0 Å². The number of aromatic amines is 1. The minimum atomic E-state index is -0.318. The molecule has 3 rings (SSSR count). The van der Waals surface area contributed by atoms with E-state index in [9.17, 15) is 4.79 Å². The van der Waals surface area contributed by atoms with Crippen LogP contribution >= 0.6 is 0 Å². The van der Waals surface area contributed by atoms with E-state index in [0.29, 0.717) is 5.69 Å². The van der Waals surface area contributed by atoms with Crippen molar-refractivity contribution in [2.24, 2.45) is 11.8 Å². The van der Waals surface area contributed by atoms with Crippen molar-refractivity contribution in [1.82, 2.24) is 10.2 Å². The van der Waals surface area contributed by atoms with Gasteiger partial charge in [0.15, 0.2) is 5.69 Å². The average molecular weight is 192 g/mol.